The van der Waals surface area contributed by atoms with Gasteiger partial charge in [0.15, 0.2) is 0 Å². The van der Waals surface area contributed by atoms with Crippen molar-refractivity contribution in [3.8, 4) is 0 Å². The van der Waals surface area contributed by atoms with Crippen molar-refractivity contribution >= 4 is 18.0 Å². The number of carboxylic acids is 1. The van der Waals surface area contributed by atoms with E-state index in [9.17, 15) is 14.4 Å². The van der Waals surface area contributed by atoms with Gasteiger partial charge < -0.3 is 20.6 Å². The van der Waals surface area contributed by atoms with Crippen LogP contribution in [0.4, 0.5) is 4.79 Å². The number of hydrogen-bond acceptors (Lipinski definition) is 5. The summed E-state index contributed by atoms with van der Waals surface area (Å²) in [7, 11) is 0. The first-order valence-electron chi connectivity index (χ1n) is 4.18. The van der Waals surface area contributed by atoms with Crippen molar-refractivity contribution in [1.29, 1.82) is 0 Å². The van der Waals surface area contributed by atoms with E-state index < -0.39 is 18.0 Å². The molecule has 0 saturated heterocycles. The zero-order chi connectivity index (χ0) is 13.0. The predicted molar refractivity (Wildman–Crippen MR) is 50.5 cm³/mol. The van der Waals surface area contributed by atoms with Crippen LogP contribution in [-0.2, 0) is 14.4 Å². The Hall–Kier alpha value is -1.87. The van der Waals surface area contributed by atoms with Gasteiger partial charge in [-0.25, -0.2) is 15.1 Å². The molecule has 0 aromatic heterocycles. The van der Waals surface area contributed by atoms with Crippen LogP contribution in [0.25, 0.3) is 0 Å². The molecule has 2 amide bonds. The Bertz CT molecular complexity index is 231. The zero-order valence-corrected chi connectivity index (χ0v) is 8.60. The lowest BCUT2D eigenvalue weighted by molar-refractivity contribution is -0.156. The van der Waals surface area contributed by atoms with Crippen LogP contribution < -0.4 is 10.8 Å². The molecule has 0 aromatic rings. The summed E-state index contributed by atoms with van der Waals surface area (Å²) in [6.45, 7) is 1.84. The summed E-state index contributed by atoms with van der Waals surface area (Å²) in [5.41, 5.74) is 1.69. The van der Waals surface area contributed by atoms with E-state index in [1.165, 1.54) is 0 Å². The number of aliphatic hydroxyl groups is 1. The summed E-state index contributed by atoms with van der Waals surface area (Å²) < 4.78 is 0. The van der Waals surface area contributed by atoms with Gasteiger partial charge in [0.25, 0.3) is 0 Å². The first-order chi connectivity index (χ1) is 7.45. The number of hydroxylamine groups is 1. The summed E-state index contributed by atoms with van der Waals surface area (Å²) >= 11 is 0. The van der Waals surface area contributed by atoms with Crippen LogP contribution in [0.5, 0.6) is 0 Å². The molecule has 0 rings (SSSR count). The number of aliphatic hydroxyl groups excluding tert-OH is 1. The Kier molecular flexibility index (Phi) is 11.6. The maximum atomic E-state index is 10.1. The maximum Gasteiger partial charge on any atom is 0.404 e. The third kappa shape index (κ3) is 14.6. The molecule has 0 bridgehead atoms. The second kappa shape index (κ2) is 11.2. The van der Waals surface area contributed by atoms with Crippen LogP contribution >= 0.6 is 0 Å². The fourth-order valence-corrected chi connectivity index (χ4v) is 0.344. The smallest absolute Gasteiger partial charge is 0.404 e. The molecule has 16 heavy (non-hydrogen) atoms. The Morgan fingerprint density at radius 1 is 1.25 bits per heavy atom. The highest BCUT2D eigenvalue weighted by atomic mass is 16.7. The number of hydrogen-bond donors (Lipinski definition) is 5. The van der Waals surface area contributed by atoms with E-state index >= 15 is 0 Å². The van der Waals surface area contributed by atoms with Crippen molar-refractivity contribution in [3.63, 3.8) is 0 Å². The van der Waals surface area contributed by atoms with Gasteiger partial charge in [-0.3, -0.25) is 9.63 Å². The van der Waals surface area contributed by atoms with E-state index in [0.717, 1.165) is 0 Å². The lowest BCUT2D eigenvalue weighted by Gasteiger charge is -1.96. The topological polar surface area (TPSA) is 145 Å². The van der Waals surface area contributed by atoms with Gasteiger partial charge in [0.05, 0.1) is 13.2 Å². The third-order valence-corrected chi connectivity index (χ3v) is 0.891. The second-order valence-corrected chi connectivity index (χ2v) is 2.12. The molecule has 0 spiro atoms. The Morgan fingerprint density at radius 2 is 1.81 bits per heavy atom. The van der Waals surface area contributed by atoms with E-state index in [2.05, 4.69) is 4.84 Å². The van der Waals surface area contributed by atoms with Gasteiger partial charge in [-0.1, -0.05) is 0 Å². The van der Waals surface area contributed by atoms with Crippen molar-refractivity contribution in [2.24, 2.45) is 0 Å². The molecule has 9 nitrogen and oxygen atoms in total. The number of amides is 2. The van der Waals surface area contributed by atoms with Crippen molar-refractivity contribution in [1.82, 2.24) is 10.8 Å². The molecule has 0 heterocycles. The molecule has 0 atom stereocenters. The molecular weight excluding hydrogens is 224 g/mol. The molecule has 0 aromatic carbocycles. The number of carbonyl (C=O) groups excluding carboxylic acids is 1. The lowest BCUT2D eigenvalue weighted by Crippen LogP contribution is -2.30. The molecule has 0 aliphatic carbocycles. The van der Waals surface area contributed by atoms with Crippen molar-refractivity contribution in [2.75, 3.05) is 19.8 Å². The summed E-state index contributed by atoms with van der Waals surface area (Å²) in [6.07, 6.45) is -1.10. The molecule has 9 heteroatoms. The molecule has 5 N–H and O–H groups in total. The zero-order valence-electron chi connectivity index (χ0n) is 8.60. The maximum absolute atomic E-state index is 10.1. The van der Waals surface area contributed by atoms with E-state index in [0.29, 0.717) is 0 Å². The normalized spacial score (nSPS) is 8.38. The van der Waals surface area contributed by atoms with Crippen LogP contribution in [-0.4, -0.2) is 53.0 Å². The van der Waals surface area contributed by atoms with E-state index in [-0.39, 0.29) is 19.8 Å². The van der Waals surface area contributed by atoms with E-state index in [1.54, 1.807) is 12.4 Å². The van der Waals surface area contributed by atoms with Gasteiger partial charge in [0, 0.05) is 6.54 Å². The monoisotopic (exact) mass is 238 g/mol. The van der Waals surface area contributed by atoms with Gasteiger partial charge in [0.2, 0.25) is 0 Å². The number of aliphatic carboxylic acids is 1. The van der Waals surface area contributed by atoms with Crippen LogP contribution in [0.1, 0.15) is 6.92 Å². The average molecular weight is 238 g/mol. The quantitative estimate of drug-likeness (QED) is 0.292. The standard InChI is InChI=1S/C4H7NO4.C3H7NO3/c1-2-9-5-3(6)4(7)8;5-2-1-4-3(6)7/h2H2,1H3,(H,5,6)(H,7,8);4-5H,1-2H2,(H,6,7). The number of rotatable bonds is 4. The molecule has 0 aliphatic heterocycles. The van der Waals surface area contributed by atoms with Crippen molar-refractivity contribution < 1.29 is 34.5 Å². The largest absolute Gasteiger partial charge is 0.474 e. The number of carbonyl (C=O) groups is 3. The third-order valence-electron chi connectivity index (χ3n) is 0.891. The van der Waals surface area contributed by atoms with E-state index in [1.807, 2.05) is 5.32 Å². The second-order valence-electron chi connectivity index (χ2n) is 2.12. The lowest BCUT2D eigenvalue weighted by atomic mass is 10.7. The molecule has 0 unspecified atom stereocenters. The summed E-state index contributed by atoms with van der Waals surface area (Å²) in [5.74, 6) is -2.71. The molecular formula is C7H14N2O7. The Morgan fingerprint density at radius 3 is 2.06 bits per heavy atom. The summed E-state index contributed by atoms with van der Waals surface area (Å²) in [4.78, 5) is 33.6. The van der Waals surface area contributed by atoms with Crippen molar-refractivity contribution in [2.45, 2.75) is 6.92 Å². The van der Waals surface area contributed by atoms with Crippen molar-refractivity contribution in [3.05, 3.63) is 0 Å². The highest BCUT2D eigenvalue weighted by Crippen LogP contribution is 1.67. The first-order valence-corrected chi connectivity index (χ1v) is 4.18. The highest BCUT2D eigenvalue weighted by molar-refractivity contribution is 6.31. The Balaban J connectivity index is 0. The minimum atomic E-state index is -1.55. The summed E-state index contributed by atoms with van der Waals surface area (Å²) in [6, 6.07) is 0. The summed E-state index contributed by atoms with van der Waals surface area (Å²) in [5, 5.41) is 25.7. The molecule has 0 fully saturated rings. The van der Waals surface area contributed by atoms with Gasteiger partial charge in [0.1, 0.15) is 0 Å². The SMILES string of the molecule is CCONC(=O)C(=O)O.O=C(O)NCCO. The fraction of sp³-hybridized carbons (Fsp3) is 0.571. The van der Waals surface area contributed by atoms with Crippen LogP contribution in [0.15, 0.2) is 0 Å². The minimum absolute atomic E-state index is 0.106. The predicted octanol–water partition coefficient (Wildman–Crippen LogP) is -1.61. The Labute approximate surface area is 91.0 Å². The van der Waals surface area contributed by atoms with Crippen LogP contribution in [0.3, 0.4) is 0 Å². The molecule has 0 aliphatic rings. The minimum Gasteiger partial charge on any atom is -0.474 e. The number of carboxylic acid groups (broad SMARTS) is 2. The first kappa shape index (κ1) is 16.6. The molecule has 0 saturated carbocycles. The molecule has 0 radical (unpaired) electrons. The van der Waals surface area contributed by atoms with Gasteiger partial charge in [-0.15, -0.1) is 0 Å². The van der Waals surface area contributed by atoms with Gasteiger partial charge in [-0.2, -0.15) is 0 Å². The molecule has 94 valence electrons. The fourth-order valence-electron chi connectivity index (χ4n) is 0.344. The van der Waals surface area contributed by atoms with Crippen LogP contribution in [0.2, 0.25) is 0 Å². The average Bonchev–Trinajstić information content (AvgIpc) is 2.23. The highest BCUT2D eigenvalue weighted by Gasteiger charge is 2.08. The van der Waals surface area contributed by atoms with Crippen LogP contribution in [0, 0.1) is 0 Å². The van der Waals surface area contributed by atoms with E-state index in [4.69, 9.17) is 15.3 Å². The number of nitrogens with one attached hydrogen (secondary N) is 2. The van der Waals surface area contributed by atoms with Gasteiger partial charge >= 0.3 is 18.0 Å². The van der Waals surface area contributed by atoms with Gasteiger partial charge in [-0.05, 0) is 6.92 Å².